The Labute approximate surface area is 122 Å². The predicted octanol–water partition coefficient (Wildman–Crippen LogP) is 3.52. The van der Waals surface area contributed by atoms with E-state index in [1.165, 1.54) is 5.56 Å². The largest absolute Gasteiger partial charge is 0.378 e. The normalized spacial score (nSPS) is 18.5. The maximum atomic E-state index is 11.8. The lowest BCUT2D eigenvalue weighted by atomic mass is 10.1. The molecule has 3 nitrogen and oxygen atoms in total. The second kappa shape index (κ2) is 7.65. The van der Waals surface area contributed by atoms with Gasteiger partial charge in [0.1, 0.15) is 0 Å². The van der Waals surface area contributed by atoms with E-state index in [-0.39, 0.29) is 12.0 Å². The number of carbonyl (C=O) groups excluding carboxylic acids is 1. The van der Waals surface area contributed by atoms with Crippen molar-refractivity contribution in [3.05, 3.63) is 29.8 Å². The molecular weight excluding hydrogens is 306 g/mol. The van der Waals surface area contributed by atoms with Crippen molar-refractivity contribution in [2.45, 2.75) is 38.2 Å². The predicted molar refractivity (Wildman–Crippen MR) is 80.8 cm³/mol. The molecule has 1 heterocycles. The second-order valence-corrected chi connectivity index (χ2v) is 5.65. The maximum Gasteiger partial charge on any atom is 0.224 e. The molecule has 1 aromatic carbocycles. The first-order chi connectivity index (χ1) is 9.28. The van der Waals surface area contributed by atoms with E-state index in [1.54, 1.807) is 0 Å². The van der Waals surface area contributed by atoms with Crippen molar-refractivity contribution in [1.29, 1.82) is 0 Å². The SMILES string of the molecule is O=C(CCC1CCCO1)Nc1ccc(CCBr)cc1. The summed E-state index contributed by atoms with van der Waals surface area (Å²) in [5.74, 6) is 0.0729. The molecule has 0 aromatic heterocycles. The zero-order valence-corrected chi connectivity index (χ0v) is 12.6. The van der Waals surface area contributed by atoms with Gasteiger partial charge in [-0.25, -0.2) is 0 Å². The quantitative estimate of drug-likeness (QED) is 0.812. The third kappa shape index (κ3) is 4.96. The van der Waals surface area contributed by atoms with Crippen LogP contribution in [-0.4, -0.2) is 23.9 Å². The van der Waals surface area contributed by atoms with Crippen molar-refractivity contribution >= 4 is 27.5 Å². The molecule has 2 rings (SSSR count). The van der Waals surface area contributed by atoms with Crippen molar-refractivity contribution in [3.8, 4) is 0 Å². The summed E-state index contributed by atoms with van der Waals surface area (Å²) in [7, 11) is 0. The van der Waals surface area contributed by atoms with Gasteiger partial charge in [0.05, 0.1) is 6.10 Å². The van der Waals surface area contributed by atoms with Crippen molar-refractivity contribution in [1.82, 2.24) is 0 Å². The smallest absolute Gasteiger partial charge is 0.224 e. The fraction of sp³-hybridized carbons (Fsp3) is 0.533. The van der Waals surface area contributed by atoms with E-state index < -0.39 is 0 Å². The van der Waals surface area contributed by atoms with Crippen molar-refractivity contribution in [3.63, 3.8) is 0 Å². The van der Waals surface area contributed by atoms with E-state index in [2.05, 4.69) is 33.4 Å². The molecule has 0 spiro atoms. The zero-order chi connectivity index (χ0) is 13.5. The van der Waals surface area contributed by atoms with Crippen LogP contribution >= 0.6 is 15.9 Å². The molecule has 1 saturated heterocycles. The van der Waals surface area contributed by atoms with Crippen LogP contribution in [0.4, 0.5) is 5.69 Å². The Morgan fingerprint density at radius 1 is 1.37 bits per heavy atom. The van der Waals surface area contributed by atoms with Gasteiger partial charge in [0, 0.05) is 24.0 Å². The van der Waals surface area contributed by atoms with E-state index in [1.807, 2.05) is 12.1 Å². The number of amides is 1. The first kappa shape index (κ1) is 14.5. The number of benzene rings is 1. The standard InChI is InChI=1S/C15H20BrNO2/c16-10-9-12-3-5-13(6-4-12)17-15(18)8-7-14-2-1-11-19-14/h3-6,14H,1-2,7-11H2,(H,17,18). The lowest BCUT2D eigenvalue weighted by Crippen LogP contribution is -2.15. The van der Waals surface area contributed by atoms with E-state index in [0.717, 1.165) is 43.3 Å². The topological polar surface area (TPSA) is 38.3 Å². The van der Waals surface area contributed by atoms with E-state index >= 15 is 0 Å². The van der Waals surface area contributed by atoms with E-state index in [0.29, 0.717) is 6.42 Å². The van der Waals surface area contributed by atoms with Gasteiger partial charge in [-0.2, -0.15) is 0 Å². The van der Waals surface area contributed by atoms with Gasteiger partial charge >= 0.3 is 0 Å². The Bertz CT molecular complexity index is 399. The Morgan fingerprint density at radius 3 is 2.79 bits per heavy atom. The summed E-state index contributed by atoms with van der Waals surface area (Å²) >= 11 is 3.42. The van der Waals surface area contributed by atoms with Crippen LogP contribution in [0, 0.1) is 0 Å². The van der Waals surface area contributed by atoms with Crippen molar-refractivity contribution in [2.24, 2.45) is 0 Å². The monoisotopic (exact) mass is 325 g/mol. The van der Waals surface area contributed by atoms with Gasteiger partial charge in [-0.3, -0.25) is 4.79 Å². The summed E-state index contributed by atoms with van der Waals surface area (Å²) in [5.41, 5.74) is 2.14. The van der Waals surface area contributed by atoms with Crippen molar-refractivity contribution in [2.75, 3.05) is 17.3 Å². The van der Waals surface area contributed by atoms with Crippen LogP contribution in [0.15, 0.2) is 24.3 Å². The minimum Gasteiger partial charge on any atom is -0.378 e. The molecule has 104 valence electrons. The molecule has 1 aliphatic heterocycles. The minimum absolute atomic E-state index is 0.0729. The average molecular weight is 326 g/mol. The number of halogens is 1. The van der Waals surface area contributed by atoms with Gasteiger partial charge in [-0.15, -0.1) is 0 Å². The third-order valence-corrected chi connectivity index (χ3v) is 3.73. The third-order valence-electron chi connectivity index (χ3n) is 3.34. The van der Waals surface area contributed by atoms with Crippen LogP contribution in [0.5, 0.6) is 0 Å². The van der Waals surface area contributed by atoms with Crippen molar-refractivity contribution < 1.29 is 9.53 Å². The van der Waals surface area contributed by atoms with Gasteiger partial charge < -0.3 is 10.1 Å². The number of hydrogen-bond acceptors (Lipinski definition) is 2. The molecule has 1 N–H and O–H groups in total. The summed E-state index contributed by atoms with van der Waals surface area (Å²) in [6.45, 7) is 0.849. The highest BCUT2D eigenvalue weighted by atomic mass is 79.9. The van der Waals surface area contributed by atoms with Gasteiger partial charge in [-0.05, 0) is 43.4 Å². The van der Waals surface area contributed by atoms with Gasteiger partial charge in [0.25, 0.3) is 0 Å². The van der Waals surface area contributed by atoms with Gasteiger partial charge in [-0.1, -0.05) is 28.1 Å². The highest BCUT2D eigenvalue weighted by Crippen LogP contribution is 2.17. The van der Waals surface area contributed by atoms with Crippen LogP contribution in [0.3, 0.4) is 0 Å². The number of ether oxygens (including phenoxy) is 1. The molecule has 1 aliphatic rings. The fourth-order valence-electron chi connectivity index (χ4n) is 2.25. The molecule has 19 heavy (non-hydrogen) atoms. The zero-order valence-electron chi connectivity index (χ0n) is 11.0. The Morgan fingerprint density at radius 2 is 2.16 bits per heavy atom. The molecule has 1 unspecified atom stereocenters. The number of anilines is 1. The van der Waals surface area contributed by atoms with Crippen LogP contribution < -0.4 is 5.32 Å². The van der Waals surface area contributed by atoms with Crippen LogP contribution in [0.2, 0.25) is 0 Å². The fourth-order valence-corrected chi connectivity index (χ4v) is 2.71. The highest BCUT2D eigenvalue weighted by molar-refractivity contribution is 9.09. The van der Waals surface area contributed by atoms with Crippen LogP contribution in [0.25, 0.3) is 0 Å². The number of alkyl halides is 1. The van der Waals surface area contributed by atoms with Crippen LogP contribution in [0.1, 0.15) is 31.2 Å². The summed E-state index contributed by atoms with van der Waals surface area (Å²) in [5, 5.41) is 3.89. The minimum atomic E-state index is 0.0729. The molecular formula is C15H20BrNO2. The molecule has 1 aromatic rings. The maximum absolute atomic E-state index is 11.8. The van der Waals surface area contributed by atoms with Gasteiger partial charge in [0.2, 0.25) is 5.91 Å². The molecule has 0 saturated carbocycles. The Hall–Kier alpha value is -0.870. The summed E-state index contributed by atoms with van der Waals surface area (Å²) in [4.78, 5) is 11.8. The molecule has 1 fully saturated rings. The lowest BCUT2D eigenvalue weighted by Gasteiger charge is -2.09. The first-order valence-electron chi connectivity index (χ1n) is 6.84. The highest BCUT2D eigenvalue weighted by Gasteiger charge is 2.16. The molecule has 0 bridgehead atoms. The summed E-state index contributed by atoms with van der Waals surface area (Å²) in [6, 6.07) is 8.03. The van der Waals surface area contributed by atoms with Gasteiger partial charge in [0.15, 0.2) is 0 Å². The number of hydrogen-bond donors (Lipinski definition) is 1. The number of rotatable bonds is 6. The number of aryl methyl sites for hydroxylation is 1. The number of nitrogens with one attached hydrogen (secondary N) is 1. The molecule has 0 aliphatic carbocycles. The average Bonchev–Trinajstić information content (AvgIpc) is 2.92. The lowest BCUT2D eigenvalue weighted by molar-refractivity contribution is -0.116. The Balaban J connectivity index is 1.74. The van der Waals surface area contributed by atoms with Crippen LogP contribution in [-0.2, 0) is 16.0 Å². The molecule has 1 amide bonds. The van der Waals surface area contributed by atoms with E-state index in [9.17, 15) is 4.79 Å². The summed E-state index contributed by atoms with van der Waals surface area (Å²) < 4.78 is 5.51. The summed E-state index contributed by atoms with van der Waals surface area (Å²) in [6.07, 6.45) is 4.87. The first-order valence-corrected chi connectivity index (χ1v) is 7.96. The molecule has 0 radical (unpaired) electrons. The van der Waals surface area contributed by atoms with E-state index in [4.69, 9.17) is 4.74 Å². The number of carbonyl (C=O) groups is 1. The molecule has 1 atom stereocenters. The molecule has 4 heteroatoms. The Kier molecular flexibility index (Phi) is 5.86. The second-order valence-electron chi connectivity index (χ2n) is 4.86.